The van der Waals surface area contributed by atoms with Gasteiger partial charge in [-0.15, -0.1) is 0 Å². The van der Waals surface area contributed by atoms with Crippen molar-refractivity contribution in [1.29, 1.82) is 0 Å². The lowest BCUT2D eigenvalue weighted by molar-refractivity contribution is -0.129. The Labute approximate surface area is 158 Å². The van der Waals surface area contributed by atoms with Crippen molar-refractivity contribution in [3.8, 4) is 0 Å². The molecule has 1 amide bonds. The van der Waals surface area contributed by atoms with Gasteiger partial charge >= 0.3 is 0 Å². The Morgan fingerprint density at radius 3 is 2.70 bits per heavy atom. The maximum atomic E-state index is 13.9. The molecule has 0 saturated heterocycles. The van der Waals surface area contributed by atoms with Crippen molar-refractivity contribution in [2.24, 2.45) is 0 Å². The minimum Gasteiger partial charge on any atom is -0.347 e. The molecule has 0 atom stereocenters. The number of nitrogens with zero attached hydrogens (tertiary/aromatic N) is 3. The summed E-state index contributed by atoms with van der Waals surface area (Å²) in [6, 6.07) is 6.93. The fourth-order valence-corrected chi connectivity index (χ4v) is 3.16. The molecule has 2 heterocycles. The van der Waals surface area contributed by atoms with Crippen LogP contribution in [-0.2, 0) is 11.3 Å². The first kappa shape index (κ1) is 18.9. The maximum Gasteiger partial charge on any atom is 0.241 e. The quantitative estimate of drug-likeness (QED) is 0.724. The zero-order valence-corrected chi connectivity index (χ0v) is 16.4. The number of rotatable bonds is 5. The van der Waals surface area contributed by atoms with Crippen LogP contribution in [0.2, 0.25) is 0 Å². The molecule has 6 heteroatoms. The molecule has 5 nitrogen and oxygen atoms in total. The number of carbonyl (C=O) groups excluding carboxylic acids is 1. The number of aromatic nitrogens is 2. The third kappa shape index (κ3) is 3.79. The van der Waals surface area contributed by atoms with Crippen molar-refractivity contribution in [1.82, 2.24) is 14.5 Å². The maximum absolute atomic E-state index is 13.9. The molecule has 0 unspecified atom stereocenters. The van der Waals surface area contributed by atoms with Gasteiger partial charge in [-0.1, -0.05) is 13.8 Å². The summed E-state index contributed by atoms with van der Waals surface area (Å²) < 4.78 is 15.8. The molecule has 142 valence electrons. The SMILES string of the molecule is Cc1cc(F)cc(C(C)C)c1Nc1nccc2c1ccn2CC(=O)N(C)C. The van der Waals surface area contributed by atoms with Crippen molar-refractivity contribution in [2.45, 2.75) is 33.2 Å². The molecule has 0 fully saturated rings. The molecule has 1 N–H and O–H groups in total. The largest absolute Gasteiger partial charge is 0.347 e. The molecule has 0 aliphatic rings. The highest BCUT2D eigenvalue weighted by Gasteiger charge is 2.15. The number of hydrogen-bond acceptors (Lipinski definition) is 3. The smallest absolute Gasteiger partial charge is 0.241 e. The van der Waals surface area contributed by atoms with Crippen LogP contribution in [-0.4, -0.2) is 34.5 Å². The Hall–Kier alpha value is -2.89. The van der Waals surface area contributed by atoms with E-state index in [0.29, 0.717) is 5.82 Å². The van der Waals surface area contributed by atoms with Crippen LogP contribution in [0.4, 0.5) is 15.9 Å². The summed E-state index contributed by atoms with van der Waals surface area (Å²) in [4.78, 5) is 18.1. The Kier molecular flexibility index (Phi) is 5.17. The van der Waals surface area contributed by atoms with E-state index < -0.39 is 0 Å². The van der Waals surface area contributed by atoms with Crippen molar-refractivity contribution in [2.75, 3.05) is 19.4 Å². The molecular weight excluding hydrogens is 343 g/mol. The average Bonchev–Trinajstić information content (AvgIpc) is 3.00. The van der Waals surface area contributed by atoms with Gasteiger partial charge in [-0.2, -0.15) is 0 Å². The topological polar surface area (TPSA) is 50.2 Å². The van der Waals surface area contributed by atoms with E-state index in [2.05, 4.69) is 10.3 Å². The van der Waals surface area contributed by atoms with Crippen molar-refractivity contribution < 1.29 is 9.18 Å². The van der Waals surface area contributed by atoms with E-state index in [4.69, 9.17) is 0 Å². The van der Waals surface area contributed by atoms with Crippen LogP contribution >= 0.6 is 0 Å². The number of anilines is 2. The number of amides is 1. The lowest BCUT2D eigenvalue weighted by atomic mass is 9.97. The first-order valence-corrected chi connectivity index (χ1v) is 8.99. The van der Waals surface area contributed by atoms with Crippen molar-refractivity contribution in [3.05, 3.63) is 53.6 Å². The normalized spacial score (nSPS) is 11.2. The van der Waals surface area contributed by atoms with Gasteiger partial charge in [-0.3, -0.25) is 4.79 Å². The minimum absolute atomic E-state index is 0.0234. The van der Waals surface area contributed by atoms with Gasteiger partial charge < -0.3 is 14.8 Å². The molecule has 3 rings (SSSR count). The molecule has 0 aliphatic carbocycles. The lowest BCUT2D eigenvalue weighted by Crippen LogP contribution is -2.25. The molecular formula is C21H25FN4O. The van der Waals surface area contributed by atoms with E-state index in [1.807, 2.05) is 43.7 Å². The van der Waals surface area contributed by atoms with Crippen LogP contribution in [0.15, 0.2) is 36.7 Å². The summed E-state index contributed by atoms with van der Waals surface area (Å²) in [6.07, 6.45) is 3.61. The molecule has 3 aromatic rings. The Morgan fingerprint density at radius 1 is 1.30 bits per heavy atom. The first-order chi connectivity index (χ1) is 12.8. The van der Waals surface area contributed by atoms with Crippen molar-refractivity contribution >= 4 is 28.3 Å². The number of fused-ring (bicyclic) bond motifs is 1. The lowest BCUT2D eigenvalue weighted by Gasteiger charge is -2.18. The first-order valence-electron chi connectivity index (χ1n) is 8.99. The number of pyridine rings is 1. The van der Waals surface area contributed by atoms with Gasteiger partial charge in [-0.05, 0) is 48.2 Å². The Morgan fingerprint density at radius 2 is 2.04 bits per heavy atom. The second kappa shape index (κ2) is 7.39. The van der Waals surface area contributed by atoms with E-state index >= 15 is 0 Å². The van der Waals surface area contributed by atoms with Crippen LogP contribution in [0.25, 0.3) is 10.9 Å². The Balaban J connectivity index is 2.02. The van der Waals surface area contributed by atoms with E-state index in [0.717, 1.165) is 27.7 Å². The summed E-state index contributed by atoms with van der Waals surface area (Å²) in [6.45, 7) is 6.23. The zero-order valence-electron chi connectivity index (χ0n) is 16.4. The number of nitrogens with one attached hydrogen (secondary N) is 1. The van der Waals surface area contributed by atoms with Crippen LogP contribution < -0.4 is 5.32 Å². The number of hydrogen-bond donors (Lipinski definition) is 1. The molecule has 0 bridgehead atoms. The summed E-state index contributed by atoms with van der Waals surface area (Å²) in [5.41, 5.74) is 3.55. The highest BCUT2D eigenvalue weighted by molar-refractivity contribution is 5.93. The molecule has 1 aromatic carbocycles. The molecule has 0 saturated carbocycles. The van der Waals surface area contributed by atoms with Gasteiger partial charge in [0.25, 0.3) is 0 Å². The van der Waals surface area contributed by atoms with Crippen molar-refractivity contribution in [3.63, 3.8) is 0 Å². The number of halogens is 1. The molecule has 2 aromatic heterocycles. The highest BCUT2D eigenvalue weighted by atomic mass is 19.1. The third-order valence-corrected chi connectivity index (χ3v) is 4.70. The zero-order chi connectivity index (χ0) is 19.7. The average molecular weight is 368 g/mol. The third-order valence-electron chi connectivity index (χ3n) is 4.70. The van der Waals surface area contributed by atoms with E-state index in [9.17, 15) is 9.18 Å². The van der Waals surface area contributed by atoms with Gasteiger partial charge in [0, 0.05) is 37.6 Å². The van der Waals surface area contributed by atoms with E-state index in [-0.39, 0.29) is 24.2 Å². The van der Waals surface area contributed by atoms with Crippen LogP contribution in [0, 0.1) is 12.7 Å². The van der Waals surface area contributed by atoms with E-state index in [1.165, 1.54) is 6.07 Å². The summed E-state index contributed by atoms with van der Waals surface area (Å²) in [5, 5.41) is 4.31. The second-order valence-electron chi connectivity index (χ2n) is 7.29. The number of aryl methyl sites for hydroxylation is 1. The van der Waals surface area contributed by atoms with Gasteiger partial charge in [-0.25, -0.2) is 9.37 Å². The highest BCUT2D eigenvalue weighted by Crippen LogP contribution is 2.33. The molecule has 0 aliphatic heterocycles. The summed E-state index contributed by atoms with van der Waals surface area (Å²) >= 11 is 0. The molecule has 0 radical (unpaired) electrons. The van der Waals surface area contributed by atoms with Crippen LogP contribution in [0.3, 0.4) is 0 Å². The van der Waals surface area contributed by atoms with Gasteiger partial charge in [0.2, 0.25) is 5.91 Å². The fraction of sp³-hybridized carbons (Fsp3) is 0.333. The van der Waals surface area contributed by atoms with Gasteiger partial charge in [0.15, 0.2) is 0 Å². The Bertz CT molecular complexity index is 991. The number of benzene rings is 1. The molecule has 27 heavy (non-hydrogen) atoms. The fourth-order valence-electron chi connectivity index (χ4n) is 3.16. The second-order valence-corrected chi connectivity index (χ2v) is 7.29. The molecule has 0 spiro atoms. The predicted octanol–water partition coefficient (Wildman–Crippen LogP) is 4.44. The van der Waals surface area contributed by atoms with Gasteiger partial charge in [0.05, 0.1) is 5.52 Å². The van der Waals surface area contributed by atoms with Gasteiger partial charge in [0.1, 0.15) is 18.2 Å². The summed E-state index contributed by atoms with van der Waals surface area (Å²) in [5.74, 6) is 0.653. The minimum atomic E-state index is -0.235. The standard InChI is InChI=1S/C21H25FN4O/c1-13(2)17-11-15(22)10-14(3)20(17)24-21-16-7-9-26(12-19(27)25(4)5)18(16)6-8-23-21/h6-11,13H,12H2,1-5H3,(H,23,24). The summed E-state index contributed by atoms with van der Waals surface area (Å²) in [7, 11) is 3.49. The van der Waals surface area contributed by atoms with E-state index in [1.54, 1.807) is 31.3 Å². The van der Waals surface area contributed by atoms with Crippen LogP contribution in [0.1, 0.15) is 30.9 Å². The number of carbonyl (C=O) groups is 1. The number of likely N-dealkylation sites (N-methyl/N-ethyl adjacent to an activating group) is 1. The predicted molar refractivity (Wildman–Crippen MR) is 107 cm³/mol. The monoisotopic (exact) mass is 368 g/mol. The van der Waals surface area contributed by atoms with Crippen LogP contribution in [0.5, 0.6) is 0 Å².